The quantitative estimate of drug-likeness (QED) is 0.700. The lowest BCUT2D eigenvalue weighted by Gasteiger charge is -2.18. The molecule has 0 bridgehead atoms. The normalized spacial score (nSPS) is 12.9. The van der Waals surface area contributed by atoms with E-state index in [0.717, 1.165) is 25.4 Å². The van der Waals surface area contributed by atoms with Gasteiger partial charge >= 0.3 is 0 Å². The molecule has 0 amide bonds. The van der Waals surface area contributed by atoms with Gasteiger partial charge in [0.05, 0.1) is 6.10 Å². The summed E-state index contributed by atoms with van der Waals surface area (Å²) < 4.78 is 5.94. The third-order valence-electron chi connectivity index (χ3n) is 2.85. The van der Waals surface area contributed by atoms with Gasteiger partial charge in [-0.15, -0.1) is 0 Å². The van der Waals surface area contributed by atoms with Gasteiger partial charge in [0.25, 0.3) is 0 Å². The van der Waals surface area contributed by atoms with Crippen molar-refractivity contribution >= 4 is 0 Å². The maximum absolute atomic E-state index is 5.94. The first-order valence-corrected chi connectivity index (χ1v) is 6.60. The van der Waals surface area contributed by atoms with Crippen molar-refractivity contribution in [3.63, 3.8) is 0 Å². The predicted molar refractivity (Wildman–Crippen MR) is 72.9 cm³/mol. The second-order valence-corrected chi connectivity index (χ2v) is 4.88. The van der Waals surface area contributed by atoms with Gasteiger partial charge in [-0.05, 0) is 37.3 Å². The van der Waals surface area contributed by atoms with Crippen molar-refractivity contribution < 1.29 is 4.74 Å². The Balaban J connectivity index is 2.39. The molecule has 1 atom stereocenters. The Labute approximate surface area is 105 Å². The van der Waals surface area contributed by atoms with Gasteiger partial charge in [-0.2, -0.15) is 0 Å². The maximum Gasteiger partial charge on any atom is 0.0836 e. The van der Waals surface area contributed by atoms with Crippen LogP contribution in [-0.4, -0.2) is 13.2 Å². The van der Waals surface area contributed by atoms with E-state index < -0.39 is 0 Å². The van der Waals surface area contributed by atoms with E-state index in [2.05, 4.69) is 38.1 Å². The molecule has 96 valence electrons. The number of benzene rings is 1. The molecule has 2 N–H and O–H groups in total. The van der Waals surface area contributed by atoms with Crippen LogP contribution in [0.25, 0.3) is 0 Å². The van der Waals surface area contributed by atoms with E-state index >= 15 is 0 Å². The van der Waals surface area contributed by atoms with Crippen molar-refractivity contribution in [1.29, 1.82) is 0 Å². The molecule has 1 rings (SSSR count). The Bertz CT molecular complexity index is 284. The zero-order valence-corrected chi connectivity index (χ0v) is 11.1. The van der Waals surface area contributed by atoms with Gasteiger partial charge in [-0.25, -0.2) is 0 Å². The molecule has 0 spiro atoms. The lowest BCUT2D eigenvalue weighted by atomic mass is 10.1. The average Bonchev–Trinajstić information content (AvgIpc) is 2.34. The molecule has 0 aliphatic rings. The molecule has 1 aromatic carbocycles. The van der Waals surface area contributed by atoms with Crippen molar-refractivity contribution in [3.8, 4) is 0 Å². The largest absolute Gasteiger partial charge is 0.373 e. The maximum atomic E-state index is 5.94. The van der Waals surface area contributed by atoms with Gasteiger partial charge in [0.15, 0.2) is 0 Å². The monoisotopic (exact) mass is 235 g/mol. The molecule has 0 aromatic heterocycles. The molecule has 0 fully saturated rings. The third-order valence-corrected chi connectivity index (χ3v) is 2.85. The number of rotatable bonds is 8. The molecule has 1 aromatic rings. The summed E-state index contributed by atoms with van der Waals surface area (Å²) in [5, 5.41) is 0. The molecule has 0 saturated carbocycles. The summed E-state index contributed by atoms with van der Waals surface area (Å²) >= 11 is 0. The molecular weight excluding hydrogens is 210 g/mol. The van der Waals surface area contributed by atoms with Gasteiger partial charge in [0.1, 0.15) is 0 Å². The Morgan fingerprint density at radius 1 is 1.12 bits per heavy atom. The van der Waals surface area contributed by atoms with E-state index in [1.165, 1.54) is 12.0 Å². The highest BCUT2D eigenvalue weighted by molar-refractivity contribution is 5.17. The predicted octanol–water partition coefficient (Wildman–Crippen LogP) is 3.53. The summed E-state index contributed by atoms with van der Waals surface area (Å²) in [5.74, 6) is 0.753. The first kappa shape index (κ1) is 14.2. The molecule has 0 heterocycles. The van der Waals surface area contributed by atoms with E-state index in [9.17, 15) is 0 Å². The molecule has 0 saturated heterocycles. The standard InChI is InChI=1S/C15H25NO/c1-13(2)7-6-12-17-15(10-11-16)14-8-4-3-5-9-14/h3-5,8-9,13,15H,6-7,10-12,16H2,1-2H3. The van der Waals surface area contributed by atoms with Crippen LogP contribution in [0, 0.1) is 5.92 Å². The Morgan fingerprint density at radius 2 is 1.82 bits per heavy atom. The highest BCUT2D eigenvalue weighted by atomic mass is 16.5. The topological polar surface area (TPSA) is 35.2 Å². The number of hydrogen-bond acceptors (Lipinski definition) is 2. The molecule has 2 nitrogen and oxygen atoms in total. The van der Waals surface area contributed by atoms with Crippen LogP contribution in [0.4, 0.5) is 0 Å². The zero-order chi connectivity index (χ0) is 12.5. The van der Waals surface area contributed by atoms with Crippen molar-refractivity contribution in [3.05, 3.63) is 35.9 Å². The summed E-state index contributed by atoms with van der Waals surface area (Å²) in [7, 11) is 0. The van der Waals surface area contributed by atoms with Crippen LogP contribution in [0.1, 0.15) is 44.8 Å². The number of ether oxygens (including phenoxy) is 1. The first-order valence-electron chi connectivity index (χ1n) is 6.60. The lowest BCUT2D eigenvalue weighted by molar-refractivity contribution is 0.0445. The minimum Gasteiger partial charge on any atom is -0.373 e. The van der Waals surface area contributed by atoms with Crippen LogP contribution in [0.5, 0.6) is 0 Å². The second-order valence-electron chi connectivity index (χ2n) is 4.88. The van der Waals surface area contributed by atoms with Crippen LogP contribution < -0.4 is 5.73 Å². The minimum atomic E-state index is 0.161. The van der Waals surface area contributed by atoms with Crippen LogP contribution in [-0.2, 0) is 4.74 Å². The van der Waals surface area contributed by atoms with Crippen molar-refractivity contribution in [1.82, 2.24) is 0 Å². The fourth-order valence-electron chi connectivity index (χ4n) is 1.88. The average molecular weight is 235 g/mol. The van der Waals surface area contributed by atoms with Crippen LogP contribution >= 0.6 is 0 Å². The van der Waals surface area contributed by atoms with Crippen molar-refractivity contribution in [2.75, 3.05) is 13.2 Å². The highest BCUT2D eigenvalue weighted by Crippen LogP contribution is 2.21. The van der Waals surface area contributed by atoms with Crippen LogP contribution in [0.2, 0.25) is 0 Å². The van der Waals surface area contributed by atoms with Gasteiger partial charge in [-0.1, -0.05) is 44.2 Å². The molecule has 0 radical (unpaired) electrons. The Morgan fingerprint density at radius 3 is 2.41 bits per heavy atom. The smallest absolute Gasteiger partial charge is 0.0836 e. The van der Waals surface area contributed by atoms with E-state index in [1.54, 1.807) is 0 Å². The summed E-state index contributed by atoms with van der Waals surface area (Å²) in [6.07, 6.45) is 3.41. The molecule has 2 heteroatoms. The Kier molecular flexibility index (Phi) is 6.90. The van der Waals surface area contributed by atoms with E-state index in [1.807, 2.05) is 6.07 Å². The van der Waals surface area contributed by atoms with E-state index in [-0.39, 0.29) is 6.10 Å². The third kappa shape index (κ3) is 5.85. The number of hydrogen-bond donors (Lipinski definition) is 1. The molecule has 0 aliphatic carbocycles. The number of nitrogens with two attached hydrogens (primary N) is 1. The van der Waals surface area contributed by atoms with Crippen LogP contribution in [0.3, 0.4) is 0 Å². The SMILES string of the molecule is CC(C)CCCOC(CCN)c1ccccc1. The summed E-state index contributed by atoms with van der Waals surface area (Å²) in [4.78, 5) is 0. The van der Waals surface area contributed by atoms with Crippen molar-refractivity contribution in [2.24, 2.45) is 11.7 Å². The fourth-order valence-corrected chi connectivity index (χ4v) is 1.88. The summed E-state index contributed by atoms with van der Waals surface area (Å²) in [6, 6.07) is 10.4. The van der Waals surface area contributed by atoms with Gasteiger partial charge < -0.3 is 10.5 Å². The minimum absolute atomic E-state index is 0.161. The second kappa shape index (κ2) is 8.26. The summed E-state index contributed by atoms with van der Waals surface area (Å²) in [6.45, 7) is 5.99. The zero-order valence-electron chi connectivity index (χ0n) is 11.1. The Hall–Kier alpha value is -0.860. The van der Waals surface area contributed by atoms with Gasteiger partial charge in [-0.3, -0.25) is 0 Å². The lowest BCUT2D eigenvalue weighted by Crippen LogP contribution is -2.11. The molecule has 0 aliphatic heterocycles. The van der Waals surface area contributed by atoms with Crippen molar-refractivity contribution in [2.45, 2.75) is 39.2 Å². The van der Waals surface area contributed by atoms with Crippen LogP contribution in [0.15, 0.2) is 30.3 Å². The first-order chi connectivity index (χ1) is 8.24. The van der Waals surface area contributed by atoms with E-state index in [0.29, 0.717) is 6.54 Å². The fraction of sp³-hybridized carbons (Fsp3) is 0.600. The summed E-state index contributed by atoms with van der Waals surface area (Å²) in [5.41, 5.74) is 6.88. The molecular formula is C15H25NO. The van der Waals surface area contributed by atoms with Gasteiger partial charge in [0.2, 0.25) is 0 Å². The molecule has 1 unspecified atom stereocenters. The van der Waals surface area contributed by atoms with E-state index in [4.69, 9.17) is 10.5 Å². The van der Waals surface area contributed by atoms with Gasteiger partial charge in [0, 0.05) is 6.61 Å². The highest BCUT2D eigenvalue weighted by Gasteiger charge is 2.10. The molecule has 17 heavy (non-hydrogen) atoms.